The molecule has 4 N–H and O–H groups in total. The molecular weight excluding hydrogens is 160 g/mol. The molecule has 0 aliphatic heterocycles. The van der Waals surface area contributed by atoms with Gasteiger partial charge in [0.2, 0.25) is 0 Å². The van der Waals surface area contributed by atoms with Gasteiger partial charge in [-0.3, -0.25) is 0 Å². The maximum Gasteiger partial charge on any atom is -0.00515 e. The van der Waals surface area contributed by atoms with Crippen LogP contribution in [0.5, 0.6) is 0 Å². The molecule has 0 amide bonds. The molecule has 13 heavy (non-hydrogen) atoms. The molecule has 0 aromatic carbocycles. The largest absolute Gasteiger partial charge is 0.330 e. The van der Waals surface area contributed by atoms with E-state index in [-0.39, 0.29) is 0 Å². The first-order chi connectivity index (χ1) is 6.31. The zero-order valence-corrected chi connectivity index (χ0v) is 9.10. The Morgan fingerprint density at radius 3 is 1.92 bits per heavy atom. The van der Waals surface area contributed by atoms with E-state index in [1.807, 2.05) is 0 Å². The van der Waals surface area contributed by atoms with Gasteiger partial charge in [0, 0.05) is 0 Å². The van der Waals surface area contributed by atoms with Crippen LogP contribution in [0.4, 0.5) is 0 Å². The fourth-order valence-electron chi connectivity index (χ4n) is 1.46. The Balaban J connectivity index is 2.91. The van der Waals surface area contributed by atoms with Crippen molar-refractivity contribution >= 4 is 0 Å². The molecule has 2 nitrogen and oxygen atoms in total. The van der Waals surface area contributed by atoms with Gasteiger partial charge in [0.05, 0.1) is 0 Å². The van der Waals surface area contributed by atoms with Crippen molar-refractivity contribution in [3.05, 3.63) is 0 Å². The number of rotatable bonds is 9. The van der Waals surface area contributed by atoms with Crippen LogP contribution in [0.1, 0.15) is 51.9 Å². The molecule has 0 aliphatic carbocycles. The van der Waals surface area contributed by atoms with Crippen LogP contribution in [0.3, 0.4) is 0 Å². The van der Waals surface area contributed by atoms with Crippen LogP contribution in [-0.2, 0) is 0 Å². The smallest absolute Gasteiger partial charge is 0.00515 e. The van der Waals surface area contributed by atoms with E-state index in [1.54, 1.807) is 0 Å². The normalized spacial score (nSPS) is 13.2. The lowest BCUT2D eigenvalue weighted by atomic mass is 10.0. The third-order valence-electron chi connectivity index (χ3n) is 2.55. The highest BCUT2D eigenvalue weighted by Gasteiger charge is 1.97. The van der Waals surface area contributed by atoms with Crippen molar-refractivity contribution in [1.29, 1.82) is 0 Å². The molecule has 0 spiro atoms. The molecular formula is C11H26N2. The quantitative estimate of drug-likeness (QED) is 0.543. The molecule has 0 aromatic rings. The Kier molecular flexibility index (Phi) is 9.94. The minimum absolute atomic E-state index is 0.712. The molecule has 0 saturated heterocycles. The van der Waals surface area contributed by atoms with E-state index in [4.69, 9.17) is 11.5 Å². The Labute approximate surface area is 83.1 Å². The fraction of sp³-hybridized carbons (Fsp3) is 1.00. The molecule has 0 heterocycles. The third-order valence-corrected chi connectivity index (χ3v) is 2.55. The Hall–Kier alpha value is -0.0800. The Morgan fingerprint density at radius 1 is 0.846 bits per heavy atom. The van der Waals surface area contributed by atoms with E-state index in [2.05, 4.69) is 6.92 Å². The second kappa shape index (κ2) is 10.0. The summed E-state index contributed by atoms with van der Waals surface area (Å²) in [7, 11) is 0. The SMILES string of the molecule is CC(CN)CCCCCCCCN. The van der Waals surface area contributed by atoms with E-state index in [0.29, 0.717) is 5.92 Å². The summed E-state index contributed by atoms with van der Waals surface area (Å²) < 4.78 is 0. The van der Waals surface area contributed by atoms with Crippen LogP contribution in [0.25, 0.3) is 0 Å². The number of nitrogens with two attached hydrogens (primary N) is 2. The first kappa shape index (κ1) is 12.9. The number of unbranched alkanes of at least 4 members (excludes halogenated alkanes) is 5. The molecule has 0 fully saturated rings. The van der Waals surface area contributed by atoms with Gasteiger partial charge in [-0.05, 0) is 31.8 Å². The van der Waals surface area contributed by atoms with Crippen LogP contribution in [0.2, 0.25) is 0 Å². The lowest BCUT2D eigenvalue weighted by Crippen LogP contribution is -2.10. The van der Waals surface area contributed by atoms with Crippen LogP contribution in [0.15, 0.2) is 0 Å². The predicted molar refractivity (Wildman–Crippen MR) is 59.6 cm³/mol. The molecule has 0 aromatic heterocycles. The topological polar surface area (TPSA) is 52.0 Å². The third kappa shape index (κ3) is 9.84. The monoisotopic (exact) mass is 186 g/mol. The van der Waals surface area contributed by atoms with Gasteiger partial charge in [-0.15, -0.1) is 0 Å². The molecule has 80 valence electrons. The van der Waals surface area contributed by atoms with Crippen molar-refractivity contribution in [2.45, 2.75) is 51.9 Å². The van der Waals surface area contributed by atoms with Gasteiger partial charge >= 0.3 is 0 Å². The minimum atomic E-state index is 0.712. The van der Waals surface area contributed by atoms with Crippen molar-refractivity contribution in [1.82, 2.24) is 0 Å². The second-order valence-corrected chi connectivity index (χ2v) is 4.04. The van der Waals surface area contributed by atoms with Gasteiger partial charge in [-0.2, -0.15) is 0 Å². The highest BCUT2D eigenvalue weighted by molar-refractivity contribution is 4.53. The zero-order valence-electron chi connectivity index (χ0n) is 9.10. The molecule has 1 unspecified atom stereocenters. The number of hydrogen-bond donors (Lipinski definition) is 2. The van der Waals surface area contributed by atoms with Crippen molar-refractivity contribution in [2.24, 2.45) is 17.4 Å². The van der Waals surface area contributed by atoms with Crippen molar-refractivity contribution < 1.29 is 0 Å². The molecule has 2 heteroatoms. The van der Waals surface area contributed by atoms with Crippen LogP contribution in [0, 0.1) is 5.92 Å². The standard InChI is InChI=1S/C11H26N2/c1-11(10-13)8-6-4-2-3-5-7-9-12/h11H,2-10,12-13H2,1H3. The Morgan fingerprint density at radius 2 is 1.38 bits per heavy atom. The first-order valence-electron chi connectivity index (χ1n) is 5.71. The summed E-state index contributed by atoms with van der Waals surface area (Å²) in [4.78, 5) is 0. The highest BCUT2D eigenvalue weighted by Crippen LogP contribution is 2.10. The molecule has 0 radical (unpaired) electrons. The maximum atomic E-state index is 5.54. The molecule has 0 bridgehead atoms. The average Bonchev–Trinajstić information content (AvgIpc) is 2.16. The molecule has 0 saturated carbocycles. The van der Waals surface area contributed by atoms with Gasteiger partial charge < -0.3 is 11.5 Å². The van der Waals surface area contributed by atoms with Crippen LogP contribution < -0.4 is 11.5 Å². The summed E-state index contributed by atoms with van der Waals surface area (Å²) in [5.74, 6) is 0.712. The molecule has 0 rings (SSSR count). The summed E-state index contributed by atoms with van der Waals surface area (Å²) in [6.07, 6.45) is 9.25. The first-order valence-corrected chi connectivity index (χ1v) is 5.71. The van der Waals surface area contributed by atoms with E-state index >= 15 is 0 Å². The average molecular weight is 186 g/mol. The van der Waals surface area contributed by atoms with Gasteiger partial charge in [0.15, 0.2) is 0 Å². The highest BCUT2D eigenvalue weighted by atomic mass is 14.5. The number of hydrogen-bond acceptors (Lipinski definition) is 2. The lowest BCUT2D eigenvalue weighted by molar-refractivity contribution is 0.490. The van der Waals surface area contributed by atoms with Crippen molar-refractivity contribution in [3.63, 3.8) is 0 Å². The summed E-state index contributed by atoms with van der Waals surface area (Å²) in [5.41, 5.74) is 11.0. The van der Waals surface area contributed by atoms with Gasteiger partial charge in [-0.25, -0.2) is 0 Å². The van der Waals surface area contributed by atoms with E-state index in [0.717, 1.165) is 13.1 Å². The zero-order chi connectivity index (χ0) is 9.94. The fourth-order valence-corrected chi connectivity index (χ4v) is 1.46. The lowest BCUT2D eigenvalue weighted by Gasteiger charge is -2.07. The van der Waals surface area contributed by atoms with Crippen LogP contribution >= 0.6 is 0 Å². The predicted octanol–water partition coefficient (Wildman–Crippen LogP) is 2.27. The Bertz CT molecular complexity index is 94.1. The van der Waals surface area contributed by atoms with Crippen molar-refractivity contribution in [3.8, 4) is 0 Å². The van der Waals surface area contributed by atoms with Crippen LogP contribution in [-0.4, -0.2) is 13.1 Å². The summed E-state index contributed by atoms with van der Waals surface area (Å²) in [6.45, 7) is 3.92. The van der Waals surface area contributed by atoms with Gasteiger partial charge in [-0.1, -0.05) is 39.0 Å². The molecule has 0 aliphatic rings. The van der Waals surface area contributed by atoms with Gasteiger partial charge in [0.1, 0.15) is 0 Å². The summed E-state index contributed by atoms with van der Waals surface area (Å²) in [5, 5.41) is 0. The van der Waals surface area contributed by atoms with Gasteiger partial charge in [0.25, 0.3) is 0 Å². The summed E-state index contributed by atoms with van der Waals surface area (Å²) >= 11 is 0. The maximum absolute atomic E-state index is 5.54. The molecule has 1 atom stereocenters. The van der Waals surface area contributed by atoms with E-state index in [1.165, 1.54) is 44.9 Å². The van der Waals surface area contributed by atoms with E-state index in [9.17, 15) is 0 Å². The minimum Gasteiger partial charge on any atom is -0.330 e. The second-order valence-electron chi connectivity index (χ2n) is 4.04. The van der Waals surface area contributed by atoms with Crippen molar-refractivity contribution in [2.75, 3.05) is 13.1 Å². The summed E-state index contributed by atoms with van der Waals surface area (Å²) in [6, 6.07) is 0. The van der Waals surface area contributed by atoms with E-state index < -0.39 is 0 Å².